The Hall–Kier alpha value is -0.780. The Morgan fingerprint density at radius 1 is 1.29 bits per heavy atom. The summed E-state index contributed by atoms with van der Waals surface area (Å²) in [5.41, 5.74) is 2.71. The molecule has 3 nitrogen and oxygen atoms in total. The zero-order valence-electron chi connectivity index (χ0n) is 13.2. The third-order valence-corrected chi connectivity index (χ3v) is 4.67. The van der Waals surface area contributed by atoms with E-state index in [1.807, 2.05) is 0 Å². The van der Waals surface area contributed by atoms with Crippen molar-refractivity contribution in [2.75, 3.05) is 13.1 Å². The molecule has 116 valence electrons. The van der Waals surface area contributed by atoms with Gasteiger partial charge in [-0.25, -0.2) is 0 Å². The number of hydrogen-bond donors (Lipinski definition) is 1. The molecule has 21 heavy (non-hydrogen) atoms. The fourth-order valence-corrected chi connectivity index (χ4v) is 3.41. The minimum absolute atomic E-state index is 0. The van der Waals surface area contributed by atoms with Gasteiger partial charge in [-0.2, -0.15) is 0 Å². The van der Waals surface area contributed by atoms with Crippen molar-refractivity contribution in [3.05, 3.63) is 35.4 Å². The average molecular weight is 399 g/mol. The van der Waals surface area contributed by atoms with Crippen LogP contribution in [0, 0.1) is 12.8 Å². The van der Waals surface area contributed by atoms with E-state index in [2.05, 4.69) is 55.3 Å². The standard InChI is InChI=1S/C17H25N3.HI/c1-12-8-9-15-10-18-17(20(15)11-12)19-14(3)16-7-5-4-6-13(16)2;/h4-7,12,14-15H,8-11H2,1-3H3,(H,18,19);1H. The summed E-state index contributed by atoms with van der Waals surface area (Å²) in [5.74, 6) is 1.89. The highest BCUT2D eigenvalue weighted by Gasteiger charge is 2.33. The van der Waals surface area contributed by atoms with E-state index in [-0.39, 0.29) is 24.0 Å². The normalized spacial score (nSPS) is 25.7. The van der Waals surface area contributed by atoms with Crippen molar-refractivity contribution in [3.8, 4) is 0 Å². The van der Waals surface area contributed by atoms with Gasteiger partial charge in [-0.3, -0.25) is 4.99 Å². The molecule has 4 heteroatoms. The molecule has 1 aromatic rings. The number of piperidine rings is 1. The molecule has 2 aliphatic heterocycles. The van der Waals surface area contributed by atoms with Crippen LogP contribution in [0.25, 0.3) is 0 Å². The summed E-state index contributed by atoms with van der Waals surface area (Å²) in [7, 11) is 0. The monoisotopic (exact) mass is 399 g/mol. The topological polar surface area (TPSA) is 27.6 Å². The van der Waals surface area contributed by atoms with Crippen molar-refractivity contribution in [1.29, 1.82) is 0 Å². The van der Waals surface area contributed by atoms with Crippen LogP contribution in [-0.4, -0.2) is 30.0 Å². The van der Waals surface area contributed by atoms with Gasteiger partial charge in [0.25, 0.3) is 0 Å². The van der Waals surface area contributed by atoms with Gasteiger partial charge >= 0.3 is 0 Å². The molecule has 0 bridgehead atoms. The van der Waals surface area contributed by atoms with Gasteiger partial charge in [0, 0.05) is 6.54 Å². The Labute approximate surface area is 145 Å². The molecule has 0 radical (unpaired) electrons. The van der Waals surface area contributed by atoms with E-state index in [0.29, 0.717) is 12.1 Å². The number of aliphatic imine (C=N–C) groups is 1. The molecule has 3 unspecified atom stereocenters. The van der Waals surface area contributed by atoms with Crippen molar-refractivity contribution in [2.24, 2.45) is 10.9 Å². The van der Waals surface area contributed by atoms with Crippen LogP contribution in [0.5, 0.6) is 0 Å². The van der Waals surface area contributed by atoms with Crippen LogP contribution in [-0.2, 0) is 0 Å². The van der Waals surface area contributed by atoms with Gasteiger partial charge in [0.1, 0.15) is 0 Å². The summed E-state index contributed by atoms with van der Waals surface area (Å²) in [6.07, 6.45) is 2.63. The molecule has 1 aromatic carbocycles. The van der Waals surface area contributed by atoms with E-state index in [4.69, 9.17) is 4.99 Å². The van der Waals surface area contributed by atoms with Gasteiger partial charge in [0.05, 0.1) is 18.6 Å². The maximum atomic E-state index is 4.74. The van der Waals surface area contributed by atoms with E-state index in [1.54, 1.807) is 0 Å². The Morgan fingerprint density at radius 3 is 2.81 bits per heavy atom. The lowest BCUT2D eigenvalue weighted by Gasteiger charge is -2.36. The fraction of sp³-hybridized carbons (Fsp3) is 0.588. The largest absolute Gasteiger partial charge is 0.350 e. The van der Waals surface area contributed by atoms with E-state index in [0.717, 1.165) is 25.0 Å². The minimum Gasteiger partial charge on any atom is -0.350 e. The zero-order valence-corrected chi connectivity index (χ0v) is 15.5. The van der Waals surface area contributed by atoms with Crippen molar-refractivity contribution in [2.45, 2.75) is 45.7 Å². The maximum absolute atomic E-state index is 4.74. The molecule has 2 heterocycles. The van der Waals surface area contributed by atoms with Crippen LogP contribution in [0.4, 0.5) is 0 Å². The smallest absolute Gasteiger partial charge is 0.194 e. The molecule has 1 saturated heterocycles. The van der Waals surface area contributed by atoms with Gasteiger partial charge in [0.2, 0.25) is 0 Å². The van der Waals surface area contributed by atoms with Crippen LogP contribution < -0.4 is 5.32 Å². The van der Waals surface area contributed by atoms with Gasteiger partial charge in [-0.05, 0) is 43.7 Å². The van der Waals surface area contributed by atoms with Crippen molar-refractivity contribution in [3.63, 3.8) is 0 Å². The first-order valence-corrected chi connectivity index (χ1v) is 7.78. The molecule has 2 aliphatic rings. The molecule has 3 atom stereocenters. The van der Waals surface area contributed by atoms with E-state index in [9.17, 15) is 0 Å². The molecule has 3 rings (SSSR count). The third-order valence-electron chi connectivity index (χ3n) is 4.67. The summed E-state index contributed by atoms with van der Waals surface area (Å²) in [6.45, 7) is 8.87. The van der Waals surface area contributed by atoms with E-state index < -0.39 is 0 Å². The van der Waals surface area contributed by atoms with Crippen molar-refractivity contribution >= 4 is 29.9 Å². The molecule has 1 fully saturated rings. The summed E-state index contributed by atoms with van der Waals surface area (Å²) in [6, 6.07) is 9.54. The number of fused-ring (bicyclic) bond motifs is 1. The number of nitrogens with zero attached hydrogens (tertiary/aromatic N) is 2. The quantitative estimate of drug-likeness (QED) is 0.768. The SMILES string of the molecule is Cc1ccccc1C(C)NC1=NCC2CCC(C)CN12.I. The van der Waals surface area contributed by atoms with Gasteiger partial charge in [0.15, 0.2) is 5.96 Å². The minimum atomic E-state index is 0. The van der Waals surface area contributed by atoms with Gasteiger partial charge in [-0.1, -0.05) is 31.2 Å². The number of guanidine groups is 1. The maximum Gasteiger partial charge on any atom is 0.194 e. The number of aryl methyl sites for hydroxylation is 1. The highest BCUT2D eigenvalue weighted by molar-refractivity contribution is 14.0. The summed E-state index contributed by atoms with van der Waals surface area (Å²) < 4.78 is 0. The molecule has 0 saturated carbocycles. The first kappa shape index (κ1) is 16.6. The lowest BCUT2D eigenvalue weighted by molar-refractivity contribution is 0.210. The fourth-order valence-electron chi connectivity index (χ4n) is 3.41. The predicted molar refractivity (Wildman–Crippen MR) is 99.3 cm³/mol. The molecular formula is C17H26IN3. The lowest BCUT2D eigenvalue weighted by atomic mass is 9.95. The number of nitrogens with one attached hydrogen (secondary N) is 1. The van der Waals surface area contributed by atoms with Crippen molar-refractivity contribution in [1.82, 2.24) is 10.2 Å². The average Bonchev–Trinajstić information content (AvgIpc) is 2.82. The van der Waals surface area contributed by atoms with Crippen LogP contribution >= 0.6 is 24.0 Å². The molecule has 0 aliphatic carbocycles. The van der Waals surface area contributed by atoms with Crippen LogP contribution in [0.1, 0.15) is 43.9 Å². The van der Waals surface area contributed by atoms with Crippen LogP contribution in [0.2, 0.25) is 0 Å². The zero-order chi connectivity index (χ0) is 14.1. The van der Waals surface area contributed by atoms with E-state index >= 15 is 0 Å². The summed E-state index contributed by atoms with van der Waals surface area (Å²) >= 11 is 0. The highest BCUT2D eigenvalue weighted by Crippen LogP contribution is 2.26. The van der Waals surface area contributed by atoms with Gasteiger partial charge < -0.3 is 10.2 Å². The summed E-state index contributed by atoms with van der Waals surface area (Å²) in [5, 5.41) is 3.63. The number of hydrogen-bond acceptors (Lipinski definition) is 3. The lowest BCUT2D eigenvalue weighted by Crippen LogP contribution is -2.48. The van der Waals surface area contributed by atoms with Crippen LogP contribution in [0.3, 0.4) is 0 Å². The Morgan fingerprint density at radius 2 is 2.05 bits per heavy atom. The molecule has 0 spiro atoms. The second-order valence-electron chi connectivity index (χ2n) is 6.38. The third kappa shape index (κ3) is 3.52. The molecule has 0 amide bonds. The number of rotatable bonds is 2. The van der Waals surface area contributed by atoms with Crippen molar-refractivity contribution < 1.29 is 0 Å². The highest BCUT2D eigenvalue weighted by atomic mass is 127. The van der Waals surface area contributed by atoms with E-state index in [1.165, 1.54) is 24.0 Å². The number of benzene rings is 1. The molecular weight excluding hydrogens is 373 g/mol. The number of halogens is 1. The second kappa shape index (κ2) is 6.99. The predicted octanol–water partition coefficient (Wildman–Crippen LogP) is 3.73. The second-order valence-corrected chi connectivity index (χ2v) is 6.38. The first-order chi connectivity index (χ1) is 9.65. The Balaban J connectivity index is 0.00000161. The molecule has 0 aromatic heterocycles. The van der Waals surface area contributed by atoms with Crippen LogP contribution in [0.15, 0.2) is 29.3 Å². The molecule has 1 N–H and O–H groups in total. The van der Waals surface area contributed by atoms with Gasteiger partial charge in [-0.15, -0.1) is 24.0 Å². The Kier molecular flexibility index (Phi) is 5.52. The summed E-state index contributed by atoms with van der Waals surface area (Å²) in [4.78, 5) is 7.23. The Bertz CT molecular complexity index is 515. The first-order valence-electron chi connectivity index (χ1n) is 7.78.